The highest BCUT2D eigenvalue weighted by Gasteiger charge is 2.49. The Morgan fingerprint density at radius 1 is 1.24 bits per heavy atom. The third-order valence-electron chi connectivity index (χ3n) is 4.15. The summed E-state index contributed by atoms with van der Waals surface area (Å²) >= 11 is 0. The van der Waals surface area contributed by atoms with Crippen LogP contribution in [0.1, 0.15) is 20.3 Å². The monoisotopic (exact) mass is 360 g/mol. The molecule has 0 aromatic rings. The molecule has 1 spiro atoms. The highest BCUT2D eigenvalue weighted by atomic mass is 16.7. The summed E-state index contributed by atoms with van der Waals surface area (Å²) in [6, 6.07) is -0.694. The lowest BCUT2D eigenvalue weighted by atomic mass is 10.1. The summed E-state index contributed by atoms with van der Waals surface area (Å²) in [7, 11) is 4.54. The molecule has 2 unspecified atom stereocenters. The molecule has 2 atom stereocenters. The average Bonchev–Trinajstić information content (AvgIpc) is 3.18. The van der Waals surface area contributed by atoms with Crippen molar-refractivity contribution in [2.24, 2.45) is 5.92 Å². The Labute approximate surface area is 147 Å². The van der Waals surface area contributed by atoms with Crippen molar-refractivity contribution >= 4 is 18.3 Å². The fraction of sp³-hybridized carbons (Fsp3) is 0.812. The van der Waals surface area contributed by atoms with E-state index in [1.54, 1.807) is 0 Å². The van der Waals surface area contributed by atoms with Gasteiger partial charge in [0.05, 0.1) is 40.0 Å². The van der Waals surface area contributed by atoms with E-state index in [9.17, 15) is 14.4 Å². The molecule has 2 rings (SSSR count). The number of alkyl carbamates (subject to hydrolysis) is 1. The van der Waals surface area contributed by atoms with Crippen LogP contribution in [0, 0.1) is 5.92 Å². The number of hydrogen-bond acceptors (Lipinski definition) is 8. The van der Waals surface area contributed by atoms with Gasteiger partial charge in [0.25, 0.3) is 0 Å². The van der Waals surface area contributed by atoms with Crippen LogP contribution in [0.3, 0.4) is 0 Å². The van der Waals surface area contributed by atoms with Gasteiger partial charge in [-0.3, -0.25) is 9.69 Å². The van der Waals surface area contributed by atoms with Gasteiger partial charge in [-0.15, -0.1) is 0 Å². The quantitative estimate of drug-likeness (QED) is 0.559. The van der Waals surface area contributed by atoms with Crippen molar-refractivity contribution in [3.8, 4) is 0 Å². The number of nitrogens with zero attached hydrogens (tertiary/aromatic N) is 1. The lowest BCUT2D eigenvalue weighted by molar-refractivity contribution is -0.152. The van der Waals surface area contributed by atoms with E-state index in [1.807, 2.05) is 25.8 Å². The predicted molar refractivity (Wildman–Crippen MR) is 87.9 cm³/mol. The number of ether oxygens (including phenoxy) is 4. The zero-order chi connectivity index (χ0) is 19.0. The Morgan fingerprint density at radius 2 is 1.84 bits per heavy atom. The molecule has 2 heterocycles. The minimum Gasteiger partial charge on any atom is -0.468 e. The van der Waals surface area contributed by atoms with Crippen LogP contribution in [0.5, 0.6) is 0 Å². The molecule has 0 radical (unpaired) electrons. The number of carbonyl (C=O) groups is 3. The second-order valence-corrected chi connectivity index (χ2v) is 6.31. The van der Waals surface area contributed by atoms with Gasteiger partial charge in [-0.05, 0) is 13.0 Å². The predicted octanol–water partition coefficient (Wildman–Crippen LogP) is 0.173. The standard InChI is InChI=1S/C9H15NO4.C7H13NO3/c1-10-6-9(13-3-4-14-9)5-7(10)8(11)12-2;1-5(2)6(4-9)8-7(10)11-3/h7H,3-6H2,1-2H3;4-6H,1-3H3,(H,8,10). The summed E-state index contributed by atoms with van der Waals surface area (Å²) in [6.07, 6.45) is 0.688. The van der Waals surface area contributed by atoms with E-state index in [2.05, 4.69) is 10.1 Å². The SMILES string of the molecule is COC(=O)C1CC2(CN1C)OCCO2.COC(=O)NC(C=O)C(C)C. The van der Waals surface area contributed by atoms with Crippen LogP contribution >= 0.6 is 0 Å². The van der Waals surface area contributed by atoms with E-state index in [1.165, 1.54) is 14.2 Å². The largest absolute Gasteiger partial charge is 0.468 e. The molecular weight excluding hydrogens is 332 g/mol. The third-order valence-corrected chi connectivity index (χ3v) is 4.15. The molecule has 0 aliphatic carbocycles. The van der Waals surface area contributed by atoms with E-state index < -0.39 is 17.9 Å². The van der Waals surface area contributed by atoms with Crippen LogP contribution in [0.4, 0.5) is 4.79 Å². The fourth-order valence-corrected chi connectivity index (χ4v) is 2.66. The van der Waals surface area contributed by atoms with Gasteiger partial charge >= 0.3 is 12.1 Å². The number of carbonyl (C=O) groups excluding carboxylic acids is 3. The number of nitrogens with one attached hydrogen (secondary N) is 1. The van der Waals surface area contributed by atoms with Crippen molar-refractivity contribution in [2.45, 2.75) is 38.1 Å². The second-order valence-electron chi connectivity index (χ2n) is 6.31. The van der Waals surface area contributed by atoms with E-state index >= 15 is 0 Å². The van der Waals surface area contributed by atoms with Gasteiger partial charge in [0, 0.05) is 6.42 Å². The molecule has 25 heavy (non-hydrogen) atoms. The molecule has 2 saturated heterocycles. The normalized spacial score (nSPS) is 22.9. The molecule has 0 aromatic heterocycles. The van der Waals surface area contributed by atoms with Gasteiger partial charge < -0.3 is 29.1 Å². The molecule has 0 aromatic carbocycles. The van der Waals surface area contributed by atoms with E-state index in [0.29, 0.717) is 32.5 Å². The molecule has 0 saturated carbocycles. The average molecular weight is 360 g/mol. The number of amides is 1. The smallest absolute Gasteiger partial charge is 0.407 e. The molecule has 9 nitrogen and oxygen atoms in total. The summed E-state index contributed by atoms with van der Waals surface area (Å²) < 4.78 is 20.1. The van der Waals surface area contributed by atoms with Gasteiger partial charge in [-0.1, -0.05) is 13.8 Å². The number of esters is 1. The maximum absolute atomic E-state index is 11.4. The highest BCUT2D eigenvalue weighted by Crippen LogP contribution is 2.33. The number of methoxy groups -OCH3 is 2. The Morgan fingerprint density at radius 3 is 2.28 bits per heavy atom. The topological polar surface area (TPSA) is 103 Å². The van der Waals surface area contributed by atoms with Crippen molar-refractivity contribution in [1.29, 1.82) is 0 Å². The third kappa shape index (κ3) is 5.94. The molecule has 144 valence electrons. The van der Waals surface area contributed by atoms with E-state index in [0.717, 1.165) is 0 Å². The number of likely N-dealkylation sites (N-methyl/N-ethyl adjacent to an activating group) is 1. The lowest BCUT2D eigenvalue weighted by Crippen LogP contribution is -2.39. The van der Waals surface area contributed by atoms with Crippen molar-refractivity contribution in [3.05, 3.63) is 0 Å². The molecule has 1 N–H and O–H groups in total. The number of likely N-dealkylation sites (tertiary alicyclic amines) is 1. The first-order valence-electron chi connectivity index (χ1n) is 8.14. The van der Waals surface area contributed by atoms with Gasteiger partial charge in [0.15, 0.2) is 5.79 Å². The lowest BCUT2D eigenvalue weighted by Gasteiger charge is -2.20. The van der Waals surface area contributed by atoms with Crippen molar-refractivity contribution in [3.63, 3.8) is 0 Å². The fourth-order valence-electron chi connectivity index (χ4n) is 2.66. The minimum absolute atomic E-state index is 0.0894. The summed E-state index contributed by atoms with van der Waals surface area (Å²) in [5.74, 6) is -0.691. The van der Waals surface area contributed by atoms with Gasteiger partial charge in [0.2, 0.25) is 0 Å². The molecule has 9 heteroatoms. The van der Waals surface area contributed by atoms with Crippen LogP contribution in [-0.2, 0) is 28.5 Å². The summed E-state index contributed by atoms with van der Waals surface area (Å²) in [5.41, 5.74) is 0. The first-order chi connectivity index (χ1) is 11.8. The summed E-state index contributed by atoms with van der Waals surface area (Å²) in [5, 5.41) is 2.39. The number of aldehydes is 1. The van der Waals surface area contributed by atoms with Crippen molar-refractivity contribution in [1.82, 2.24) is 10.2 Å². The highest BCUT2D eigenvalue weighted by molar-refractivity contribution is 5.76. The van der Waals surface area contributed by atoms with Gasteiger partial charge in [-0.2, -0.15) is 0 Å². The van der Waals surface area contributed by atoms with Crippen LogP contribution < -0.4 is 5.32 Å². The molecule has 2 aliphatic heterocycles. The molecular formula is C16H28N2O7. The molecule has 1 amide bonds. The number of rotatable bonds is 4. The molecule has 2 aliphatic rings. The molecule has 2 fully saturated rings. The van der Waals surface area contributed by atoms with Gasteiger partial charge in [0.1, 0.15) is 12.3 Å². The zero-order valence-electron chi connectivity index (χ0n) is 15.4. The van der Waals surface area contributed by atoms with E-state index in [4.69, 9.17) is 14.2 Å². The maximum atomic E-state index is 11.4. The van der Waals surface area contributed by atoms with Crippen molar-refractivity contribution < 1.29 is 33.3 Å². The Kier molecular flexibility index (Phi) is 8.27. The van der Waals surface area contributed by atoms with E-state index in [-0.39, 0.29) is 17.9 Å². The van der Waals surface area contributed by atoms with Crippen LogP contribution in [0.15, 0.2) is 0 Å². The van der Waals surface area contributed by atoms with Crippen LogP contribution in [0.25, 0.3) is 0 Å². The van der Waals surface area contributed by atoms with Gasteiger partial charge in [-0.25, -0.2) is 4.79 Å². The first kappa shape index (κ1) is 21.3. The van der Waals surface area contributed by atoms with Crippen LogP contribution in [-0.4, -0.2) is 82.1 Å². The first-order valence-corrected chi connectivity index (χ1v) is 8.14. The Balaban J connectivity index is 0.000000260. The maximum Gasteiger partial charge on any atom is 0.407 e. The Hall–Kier alpha value is -1.71. The molecule has 0 bridgehead atoms. The van der Waals surface area contributed by atoms with Crippen molar-refractivity contribution in [2.75, 3.05) is 41.0 Å². The summed E-state index contributed by atoms with van der Waals surface area (Å²) in [6.45, 7) is 5.54. The minimum atomic E-state index is -0.573. The number of hydrogen-bond donors (Lipinski definition) is 1. The van der Waals surface area contributed by atoms with Crippen LogP contribution in [0.2, 0.25) is 0 Å². The second kappa shape index (κ2) is 9.69. The summed E-state index contributed by atoms with van der Waals surface area (Å²) in [4.78, 5) is 34.2. The zero-order valence-corrected chi connectivity index (χ0v) is 15.4. The Bertz CT molecular complexity index is 463.